The first-order valence-electron chi connectivity index (χ1n) is 5.89. The molecule has 6 nitrogen and oxygen atoms in total. The zero-order valence-electron chi connectivity index (χ0n) is 10.9. The third kappa shape index (κ3) is 2.76. The molecule has 1 aromatic carbocycles. The van der Waals surface area contributed by atoms with Crippen LogP contribution in [-0.4, -0.2) is 23.2 Å². The average Bonchev–Trinajstić information content (AvgIpc) is 2.78. The highest BCUT2D eigenvalue weighted by Gasteiger charge is 2.21. The molecule has 0 amide bonds. The highest BCUT2D eigenvalue weighted by Crippen LogP contribution is 2.23. The van der Waals surface area contributed by atoms with Crippen molar-refractivity contribution in [1.82, 2.24) is 14.8 Å². The van der Waals surface area contributed by atoms with Crippen LogP contribution < -0.4 is 5.73 Å². The second kappa shape index (κ2) is 5.00. The van der Waals surface area contributed by atoms with Gasteiger partial charge >= 0.3 is 0 Å². The molecule has 2 N–H and O–H groups in total. The average molecular weight is 280 g/mol. The summed E-state index contributed by atoms with van der Waals surface area (Å²) < 4.78 is 26.3. The van der Waals surface area contributed by atoms with Gasteiger partial charge in [0.1, 0.15) is 17.9 Å². The van der Waals surface area contributed by atoms with Crippen molar-refractivity contribution in [1.29, 1.82) is 0 Å². The number of aromatic nitrogens is 3. The zero-order chi connectivity index (χ0) is 14.0. The van der Waals surface area contributed by atoms with Gasteiger partial charge in [0.15, 0.2) is 9.84 Å². The minimum atomic E-state index is -3.52. The van der Waals surface area contributed by atoms with Crippen molar-refractivity contribution in [3.05, 3.63) is 35.9 Å². The SMILES string of the molecule is CCn1ncnc1CS(=O)(=O)c1cc(C)ccc1N. The van der Waals surface area contributed by atoms with Gasteiger partial charge in [0.2, 0.25) is 0 Å². The van der Waals surface area contributed by atoms with Gasteiger partial charge in [-0.1, -0.05) is 6.07 Å². The Morgan fingerprint density at radius 3 is 2.79 bits per heavy atom. The predicted molar refractivity (Wildman–Crippen MR) is 72.2 cm³/mol. The normalized spacial score (nSPS) is 11.7. The Labute approximate surface area is 112 Å². The quantitative estimate of drug-likeness (QED) is 0.849. The molecule has 0 fully saturated rings. The van der Waals surface area contributed by atoms with Gasteiger partial charge in [-0.3, -0.25) is 0 Å². The van der Waals surface area contributed by atoms with E-state index < -0.39 is 9.84 Å². The predicted octanol–water partition coefficient (Wildman–Crippen LogP) is 1.16. The van der Waals surface area contributed by atoms with Gasteiger partial charge in [0.05, 0.1) is 10.6 Å². The van der Waals surface area contributed by atoms with Gasteiger partial charge in [0, 0.05) is 6.54 Å². The van der Waals surface area contributed by atoms with Gasteiger partial charge in [-0.15, -0.1) is 0 Å². The molecule has 0 spiro atoms. The third-order valence-electron chi connectivity index (χ3n) is 2.82. The van der Waals surface area contributed by atoms with Crippen molar-refractivity contribution in [2.24, 2.45) is 0 Å². The number of nitrogens with two attached hydrogens (primary N) is 1. The van der Waals surface area contributed by atoms with Crippen molar-refractivity contribution in [2.75, 3.05) is 5.73 Å². The lowest BCUT2D eigenvalue weighted by molar-refractivity contribution is 0.584. The standard InChI is InChI=1S/C12H16N4O2S/c1-3-16-12(14-8-15-16)7-19(17,18)11-6-9(2)4-5-10(11)13/h4-6,8H,3,7,13H2,1-2H3. The van der Waals surface area contributed by atoms with E-state index in [9.17, 15) is 8.42 Å². The van der Waals surface area contributed by atoms with E-state index in [1.54, 1.807) is 22.9 Å². The van der Waals surface area contributed by atoms with Crippen LogP contribution in [0.4, 0.5) is 5.69 Å². The van der Waals surface area contributed by atoms with Crippen molar-refractivity contribution in [3.63, 3.8) is 0 Å². The van der Waals surface area contributed by atoms with Gasteiger partial charge in [-0.05, 0) is 31.5 Å². The summed E-state index contributed by atoms with van der Waals surface area (Å²) in [6.07, 6.45) is 1.36. The Morgan fingerprint density at radius 1 is 1.37 bits per heavy atom. The lowest BCUT2D eigenvalue weighted by atomic mass is 10.2. The topological polar surface area (TPSA) is 90.9 Å². The molecule has 0 unspecified atom stereocenters. The number of anilines is 1. The van der Waals surface area contributed by atoms with E-state index in [0.29, 0.717) is 12.4 Å². The molecule has 1 aromatic heterocycles. The van der Waals surface area contributed by atoms with E-state index in [4.69, 9.17) is 5.73 Å². The molecule has 0 aliphatic carbocycles. The Bertz CT molecular complexity index is 692. The number of hydrogen-bond donors (Lipinski definition) is 1. The van der Waals surface area contributed by atoms with E-state index in [-0.39, 0.29) is 16.3 Å². The van der Waals surface area contributed by atoms with Crippen LogP contribution in [0.1, 0.15) is 18.3 Å². The second-order valence-electron chi connectivity index (χ2n) is 4.29. The van der Waals surface area contributed by atoms with Crippen LogP contribution in [0.3, 0.4) is 0 Å². The number of hydrogen-bond acceptors (Lipinski definition) is 5. The van der Waals surface area contributed by atoms with Crippen LogP contribution in [0.15, 0.2) is 29.4 Å². The lowest BCUT2D eigenvalue weighted by Gasteiger charge is -2.08. The molecule has 0 aliphatic rings. The number of nitrogens with zero attached hydrogens (tertiary/aromatic N) is 3. The fraction of sp³-hybridized carbons (Fsp3) is 0.333. The van der Waals surface area contributed by atoms with Crippen LogP contribution >= 0.6 is 0 Å². The largest absolute Gasteiger partial charge is 0.398 e. The van der Waals surface area contributed by atoms with Crippen LogP contribution in [0.25, 0.3) is 0 Å². The molecule has 19 heavy (non-hydrogen) atoms. The summed E-state index contributed by atoms with van der Waals surface area (Å²) >= 11 is 0. The summed E-state index contributed by atoms with van der Waals surface area (Å²) in [5.74, 6) is 0.220. The molecule has 2 rings (SSSR count). The maximum atomic E-state index is 12.4. The Hall–Kier alpha value is -1.89. The summed E-state index contributed by atoms with van der Waals surface area (Å²) in [5, 5.41) is 3.96. The number of sulfone groups is 1. The number of aryl methyl sites for hydroxylation is 2. The van der Waals surface area contributed by atoms with E-state index in [0.717, 1.165) is 5.56 Å². The molecule has 102 valence electrons. The van der Waals surface area contributed by atoms with Crippen molar-refractivity contribution < 1.29 is 8.42 Å². The molecular formula is C12H16N4O2S. The zero-order valence-corrected chi connectivity index (χ0v) is 11.7. The van der Waals surface area contributed by atoms with E-state index in [1.165, 1.54) is 6.33 Å². The maximum Gasteiger partial charge on any atom is 0.187 e. The van der Waals surface area contributed by atoms with Crippen molar-refractivity contribution in [3.8, 4) is 0 Å². The summed E-state index contributed by atoms with van der Waals surface area (Å²) in [6.45, 7) is 4.28. The first-order chi connectivity index (χ1) is 8.94. The van der Waals surface area contributed by atoms with Crippen LogP contribution in [-0.2, 0) is 22.1 Å². The minimum Gasteiger partial charge on any atom is -0.398 e. The first kappa shape index (κ1) is 13.5. The summed E-state index contributed by atoms with van der Waals surface area (Å²) in [4.78, 5) is 4.13. The molecule has 0 atom stereocenters. The highest BCUT2D eigenvalue weighted by atomic mass is 32.2. The highest BCUT2D eigenvalue weighted by molar-refractivity contribution is 7.90. The van der Waals surface area contributed by atoms with Gasteiger partial charge in [0.25, 0.3) is 0 Å². The van der Waals surface area contributed by atoms with E-state index in [1.807, 2.05) is 13.8 Å². The van der Waals surface area contributed by atoms with E-state index in [2.05, 4.69) is 10.1 Å². The van der Waals surface area contributed by atoms with Crippen molar-refractivity contribution >= 4 is 15.5 Å². The molecule has 0 saturated carbocycles. The van der Waals surface area contributed by atoms with E-state index >= 15 is 0 Å². The number of rotatable bonds is 4. The smallest absolute Gasteiger partial charge is 0.187 e. The number of nitrogen functional groups attached to an aromatic ring is 1. The summed E-state index contributed by atoms with van der Waals surface area (Å²) in [6, 6.07) is 4.97. The summed E-state index contributed by atoms with van der Waals surface area (Å²) in [5.41, 5.74) is 6.86. The van der Waals surface area contributed by atoms with Crippen LogP contribution in [0.5, 0.6) is 0 Å². The molecule has 0 bridgehead atoms. The van der Waals surface area contributed by atoms with Gasteiger partial charge in [-0.25, -0.2) is 18.1 Å². The Kier molecular flexibility index (Phi) is 3.57. The van der Waals surface area contributed by atoms with Crippen LogP contribution in [0.2, 0.25) is 0 Å². The molecule has 2 aromatic rings. The molecule has 0 radical (unpaired) electrons. The van der Waals surface area contributed by atoms with Crippen molar-refractivity contribution in [2.45, 2.75) is 31.0 Å². The Balaban J connectivity index is 2.41. The fourth-order valence-corrected chi connectivity index (χ4v) is 3.33. The fourth-order valence-electron chi connectivity index (χ4n) is 1.82. The number of benzene rings is 1. The summed E-state index contributed by atoms with van der Waals surface area (Å²) in [7, 11) is -3.52. The minimum absolute atomic E-state index is 0.151. The second-order valence-corrected chi connectivity index (χ2v) is 6.25. The third-order valence-corrected chi connectivity index (χ3v) is 4.48. The van der Waals surface area contributed by atoms with Gasteiger partial charge in [-0.2, -0.15) is 5.10 Å². The lowest BCUT2D eigenvalue weighted by Crippen LogP contribution is -2.13. The molecule has 1 heterocycles. The van der Waals surface area contributed by atoms with Crippen LogP contribution in [0, 0.1) is 6.92 Å². The first-order valence-corrected chi connectivity index (χ1v) is 7.55. The molecular weight excluding hydrogens is 264 g/mol. The maximum absolute atomic E-state index is 12.4. The molecule has 0 saturated heterocycles. The monoisotopic (exact) mass is 280 g/mol. The van der Waals surface area contributed by atoms with Gasteiger partial charge < -0.3 is 5.73 Å². The molecule has 0 aliphatic heterocycles. The molecule has 7 heteroatoms. The Morgan fingerprint density at radius 2 is 2.11 bits per heavy atom.